The van der Waals surface area contributed by atoms with Gasteiger partial charge in [-0.3, -0.25) is 9.78 Å². The molecule has 4 nitrogen and oxygen atoms in total. The summed E-state index contributed by atoms with van der Waals surface area (Å²) in [6.07, 6.45) is 8.51. The first-order valence-electron chi connectivity index (χ1n) is 7.88. The van der Waals surface area contributed by atoms with Gasteiger partial charge in [-0.05, 0) is 49.4 Å². The number of aliphatic carboxylic acids is 1. The number of hydrogen-bond acceptors (Lipinski definition) is 2. The number of aryl methyl sites for hydroxylation is 2. The number of unbranched alkanes of at least 4 members (excludes halogenated alkanes) is 1. The lowest BCUT2D eigenvalue weighted by Gasteiger charge is -2.06. The van der Waals surface area contributed by atoms with E-state index in [2.05, 4.69) is 40.9 Å². The van der Waals surface area contributed by atoms with Gasteiger partial charge in [-0.1, -0.05) is 18.2 Å². The Morgan fingerprint density at radius 1 is 1.22 bits per heavy atom. The number of rotatable bonds is 6. The Hall–Kier alpha value is -2.62. The van der Waals surface area contributed by atoms with Crippen molar-refractivity contribution < 1.29 is 9.90 Å². The first-order valence-corrected chi connectivity index (χ1v) is 7.88. The molecule has 0 saturated heterocycles. The largest absolute Gasteiger partial charge is 0.481 e. The molecule has 23 heavy (non-hydrogen) atoms. The van der Waals surface area contributed by atoms with Gasteiger partial charge in [0, 0.05) is 24.2 Å². The Morgan fingerprint density at radius 3 is 2.83 bits per heavy atom. The van der Waals surface area contributed by atoms with Crippen LogP contribution in [0.1, 0.15) is 30.4 Å². The number of carboxylic acids is 1. The molecule has 118 valence electrons. The minimum absolute atomic E-state index is 0.236. The van der Waals surface area contributed by atoms with Crippen LogP contribution in [-0.4, -0.2) is 20.6 Å². The summed E-state index contributed by atoms with van der Waals surface area (Å²) in [7, 11) is 0. The molecule has 0 fully saturated rings. The predicted octanol–water partition coefficient (Wildman–Crippen LogP) is 4.13. The summed E-state index contributed by atoms with van der Waals surface area (Å²) in [4.78, 5) is 14.9. The van der Waals surface area contributed by atoms with Crippen molar-refractivity contribution in [2.24, 2.45) is 0 Å². The molecule has 3 rings (SSSR count). The maximum atomic E-state index is 10.6. The zero-order valence-electron chi connectivity index (χ0n) is 13.2. The van der Waals surface area contributed by atoms with Crippen molar-refractivity contribution in [3.63, 3.8) is 0 Å². The van der Waals surface area contributed by atoms with E-state index in [0.29, 0.717) is 6.42 Å². The number of carboxylic acid groups (broad SMARTS) is 1. The zero-order valence-corrected chi connectivity index (χ0v) is 13.2. The summed E-state index contributed by atoms with van der Waals surface area (Å²) in [5, 5.41) is 10.0. The number of carbonyl (C=O) groups is 1. The maximum absolute atomic E-state index is 10.6. The van der Waals surface area contributed by atoms with Crippen LogP contribution in [0.5, 0.6) is 0 Å². The molecule has 0 spiro atoms. The van der Waals surface area contributed by atoms with Crippen LogP contribution in [-0.2, 0) is 11.2 Å². The Kier molecular flexibility index (Phi) is 4.42. The van der Waals surface area contributed by atoms with E-state index in [4.69, 9.17) is 5.11 Å². The summed E-state index contributed by atoms with van der Waals surface area (Å²) < 4.78 is 2.18. The minimum Gasteiger partial charge on any atom is -0.481 e. The van der Waals surface area contributed by atoms with Crippen LogP contribution >= 0.6 is 0 Å². The highest BCUT2D eigenvalue weighted by Crippen LogP contribution is 2.28. The van der Waals surface area contributed by atoms with Crippen molar-refractivity contribution in [1.82, 2.24) is 9.55 Å². The Bertz CT molecular complexity index is 822. The molecule has 2 heterocycles. The van der Waals surface area contributed by atoms with Crippen LogP contribution < -0.4 is 0 Å². The topological polar surface area (TPSA) is 55.1 Å². The van der Waals surface area contributed by atoms with Crippen molar-refractivity contribution in [2.45, 2.75) is 32.6 Å². The fourth-order valence-corrected chi connectivity index (χ4v) is 3.02. The van der Waals surface area contributed by atoms with Gasteiger partial charge in [0.2, 0.25) is 0 Å². The third-order valence-electron chi connectivity index (χ3n) is 4.12. The van der Waals surface area contributed by atoms with E-state index < -0.39 is 5.97 Å². The highest BCUT2D eigenvalue weighted by atomic mass is 16.4. The van der Waals surface area contributed by atoms with Gasteiger partial charge in [0.05, 0.1) is 17.4 Å². The second-order valence-electron chi connectivity index (χ2n) is 5.81. The second kappa shape index (κ2) is 6.65. The van der Waals surface area contributed by atoms with E-state index in [1.165, 1.54) is 22.0 Å². The van der Waals surface area contributed by atoms with Crippen molar-refractivity contribution in [3.8, 4) is 5.69 Å². The molecule has 0 saturated carbocycles. The Morgan fingerprint density at radius 2 is 2.09 bits per heavy atom. The van der Waals surface area contributed by atoms with Crippen molar-refractivity contribution >= 4 is 16.9 Å². The van der Waals surface area contributed by atoms with Gasteiger partial charge in [0.15, 0.2) is 0 Å². The van der Waals surface area contributed by atoms with Crippen LogP contribution in [0.15, 0.2) is 48.9 Å². The molecule has 1 aromatic carbocycles. The van der Waals surface area contributed by atoms with E-state index in [1.807, 2.05) is 18.3 Å². The highest BCUT2D eigenvalue weighted by Gasteiger charge is 2.11. The molecular weight excluding hydrogens is 288 g/mol. The number of nitrogens with zero attached hydrogens (tertiary/aromatic N) is 2. The van der Waals surface area contributed by atoms with Gasteiger partial charge < -0.3 is 9.67 Å². The summed E-state index contributed by atoms with van der Waals surface area (Å²) in [5.41, 5.74) is 4.73. The molecule has 0 aliphatic carbocycles. The predicted molar refractivity (Wildman–Crippen MR) is 91.0 cm³/mol. The van der Waals surface area contributed by atoms with Crippen molar-refractivity contribution in [3.05, 3.63) is 60.0 Å². The fourth-order valence-electron chi connectivity index (χ4n) is 3.02. The van der Waals surface area contributed by atoms with Gasteiger partial charge in [-0.25, -0.2) is 0 Å². The lowest BCUT2D eigenvalue weighted by atomic mass is 10.0. The lowest BCUT2D eigenvalue weighted by Crippen LogP contribution is -1.95. The Balaban J connectivity index is 1.96. The number of fused-ring (bicyclic) bond motifs is 1. The maximum Gasteiger partial charge on any atom is 0.303 e. The van der Waals surface area contributed by atoms with Gasteiger partial charge in [0.1, 0.15) is 0 Å². The smallest absolute Gasteiger partial charge is 0.303 e. The average molecular weight is 308 g/mol. The van der Waals surface area contributed by atoms with Crippen LogP contribution in [0, 0.1) is 6.92 Å². The third kappa shape index (κ3) is 3.26. The van der Waals surface area contributed by atoms with Gasteiger partial charge in [-0.2, -0.15) is 0 Å². The molecule has 0 aliphatic rings. The summed E-state index contributed by atoms with van der Waals surface area (Å²) >= 11 is 0. The van der Waals surface area contributed by atoms with Crippen LogP contribution in [0.3, 0.4) is 0 Å². The van der Waals surface area contributed by atoms with E-state index >= 15 is 0 Å². The fraction of sp³-hybridized carbons (Fsp3) is 0.263. The zero-order chi connectivity index (χ0) is 16.2. The number of benzene rings is 1. The minimum atomic E-state index is -0.723. The standard InChI is InChI=1S/C19H20N2O2/c1-14-6-4-9-17-15(7-2-3-10-18(22)23)13-21(19(14)17)16-8-5-11-20-12-16/h4-6,8-9,11-13H,2-3,7,10H2,1H3,(H,22,23). The molecule has 0 bridgehead atoms. The average Bonchev–Trinajstić information content (AvgIpc) is 2.92. The van der Waals surface area contributed by atoms with Crippen molar-refractivity contribution in [1.29, 1.82) is 0 Å². The SMILES string of the molecule is Cc1cccc2c(CCCCC(=O)O)cn(-c3cccnc3)c12. The number of pyridine rings is 1. The van der Waals surface area contributed by atoms with Gasteiger partial charge >= 0.3 is 5.97 Å². The first kappa shape index (κ1) is 15.3. The first-order chi connectivity index (χ1) is 11.2. The lowest BCUT2D eigenvalue weighted by molar-refractivity contribution is -0.137. The molecule has 2 aromatic heterocycles. The number of hydrogen-bond donors (Lipinski definition) is 1. The molecular formula is C19H20N2O2. The monoisotopic (exact) mass is 308 g/mol. The van der Waals surface area contributed by atoms with Gasteiger partial charge in [0.25, 0.3) is 0 Å². The summed E-state index contributed by atoms with van der Waals surface area (Å²) in [5.74, 6) is -0.723. The van der Waals surface area contributed by atoms with E-state index in [0.717, 1.165) is 18.5 Å². The molecule has 0 atom stereocenters. The third-order valence-corrected chi connectivity index (χ3v) is 4.12. The van der Waals surface area contributed by atoms with Crippen molar-refractivity contribution in [2.75, 3.05) is 0 Å². The van der Waals surface area contributed by atoms with E-state index in [-0.39, 0.29) is 6.42 Å². The molecule has 0 aliphatic heterocycles. The summed E-state index contributed by atoms with van der Waals surface area (Å²) in [6.45, 7) is 2.11. The normalized spacial score (nSPS) is 11.0. The quantitative estimate of drug-likeness (QED) is 0.697. The summed E-state index contributed by atoms with van der Waals surface area (Å²) in [6, 6.07) is 10.3. The van der Waals surface area contributed by atoms with Crippen LogP contribution in [0.4, 0.5) is 0 Å². The van der Waals surface area contributed by atoms with Gasteiger partial charge in [-0.15, -0.1) is 0 Å². The van der Waals surface area contributed by atoms with E-state index in [9.17, 15) is 4.79 Å². The number of para-hydroxylation sites is 1. The van der Waals surface area contributed by atoms with Crippen LogP contribution in [0.2, 0.25) is 0 Å². The molecule has 0 radical (unpaired) electrons. The number of aromatic nitrogens is 2. The second-order valence-corrected chi connectivity index (χ2v) is 5.81. The Labute approximate surface area is 135 Å². The molecule has 4 heteroatoms. The van der Waals surface area contributed by atoms with E-state index in [1.54, 1.807) is 6.20 Å². The molecule has 0 unspecified atom stereocenters. The highest BCUT2D eigenvalue weighted by molar-refractivity contribution is 5.88. The molecule has 1 N–H and O–H groups in total. The molecule has 0 amide bonds. The molecule has 3 aromatic rings. The van der Waals surface area contributed by atoms with Crippen LogP contribution in [0.25, 0.3) is 16.6 Å².